The van der Waals surface area contributed by atoms with E-state index < -0.39 is 9.84 Å². The van der Waals surface area contributed by atoms with Gasteiger partial charge in [0.15, 0.2) is 15.6 Å². The van der Waals surface area contributed by atoms with Gasteiger partial charge in [-0.05, 0) is 25.8 Å². The van der Waals surface area contributed by atoms with E-state index in [9.17, 15) is 8.42 Å². The molecule has 0 saturated carbocycles. The SMILES string of the molecule is COc1cnc(C)cc1NC1CCCS(=O)(=O)C1. The lowest BCUT2D eigenvalue weighted by Crippen LogP contribution is -2.34. The van der Waals surface area contributed by atoms with Crippen molar-refractivity contribution in [2.24, 2.45) is 0 Å². The number of aryl methyl sites for hydroxylation is 1. The van der Waals surface area contributed by atoms with Crippen molar-refractivity contribution in [3.63, 3.8) is 0 Å². The van der Waals surface area contributed by atoms with Crippen LogP contribution in [0.25, 0.3) is 0 Å². The number of aromatic nitrogens is 1. The summed E-state index contributed by atoms with van der Waals surface area (Å²) in [6.07, 6.45) is 3.23. The summed E-state index contributed by atoms with van der Waals surface area (Å²) in [5, 5.41) is 3.25. The molecule has 0 aliphatic carbocycles. The Morgan fingerprint density at radius 2 is 2.28 bits per heavy atom. The molecule has 1 N–H and O–H groups in total. The zero-order valence-corrected chi connectivity index (χ0v) is 11.5. The molecule has 1 saturated heterocycles. The second kappa shape index (κ2) is 5.14. The summed E-state index contributed by atoms with van der Waals surface area (Å²) in [4.78, 5) is 4.15. The van der Waals surface area contributed by atoms with Crippen LogP contribution in [0.4, 0.5) is 5.69 Å². The maximum atomic E-state index is 11.6. The molecule has 1 unspecified atom stereocenters. The highest BCUT2D eigenvalue weighted by Gasteiger charge is 2.25. The number of hydrogen-bond donors (Lipinski definition) is 1. The molecular formula is C12H18N2O3S. The van der Waals surface area contributed by atoms with Gasteiger partial charge < -0.3 is 10.1 Å². The molecule has 0 amide bonds. The van der Waals surface area contributed by atoms with Gasteiger partial charge in [-0.15, -0.1) is 0 Å². The Morgan fingerprint density at radius 1 is 1.50 bits per heavy atom. The van der Waals surface area contributed by atoms with E-state index in [0.29, 0.717) is 17.9 Å². The summed E-state index contributed by atoms with van der Waals surface area (Å²) in [6, 6.07) is 1.83. The third kappa shape index (κ3) is 3.13. The summed E-state index contributed by atoms with van der Waals surface area (Å²) in [6.45, 7) is 1.89. The number of ether oxygens (including phenoxy) is 1. The van der Waals surface area contributed by atoms with Crippen molar-refractivity contribution in [2.45, 2.75) is 25.8 Å². The topological polar surface area (TPSA) is 68.3 Å². The largest absolute Gasteiger partial charge is 0.493 e. The molecule has 0 spiro atoms. The molecule has 1 aromatic rings. The molecule has 18 heavy (non-hydrogen) atoms. The van der Waals surface area contributed by atoms with E-state index in [0.717, 1.165) is 17.8 Å². The van der Waals surface area contributed by atoms with Crippen LogP contribution in [0.3, 0.4) is 0 Å². The molecule has 1 aliphatic rings. The lowest BCUT2D eigenvalue weighted by molar-refractivity contribution is 0.413. The van der Waals surface area contributed by atoms with Crippen molar-refractivity contribution in [2.75, 3.05) is 23.9 Å². The van der Waals surface area contributed by atoms with Crippen molar-refractivity contribution < 1.29 is 13.2 Å². The fourth-order valence-corrected chi connectivity index (χ4v) is 3.82. The number of rotatable bonds is 3. The summed E-state index contributed by atoms with van der Waals surface area (Å²) in [7, 11) is -1.32. The monoisotopic (exact) mass is 270 g/mol. The highest BCUT2D eigenvalue weighted by molar-refractivity contribution is 7.91. The molecule has 5 nitrogen and oxygen atoms in total. The number of nitrogens with zero attached hydrogens (tertiary/aromatic N) is 1. The van der Waals surface area contributed by atoms with E-state index in [-0.39, 0.29) is 11.8 Å². The maximum absolute atomic E-state index is 11.6. The fourth-order valence-electron chi connectivity index (χ4n) is 2.18. The highest BCUT2D eigenvalue weighted by Crippen LogP contribution is 2.26. The third-order valence-corrected chi connectivity index (χ3v) is 4.87. The molecule has 100 valence electrons. The Labute approximate surface area is 107 Å². The molecule has 0 radical (unpaired) electrons. The van der Waals surface area contributed by atoms with Crippen LogP contribution in [-0.4, -0.2) is 38.1 Å². The van der Waals surface area contributed by atoms with Crippen molar-refractivity contribution in [1.82, 2.24) is 4.98 Å². The Hall–Kier alpha value is -1.30. The summed E-state index contributed by atoms with van der Waals surface area (Å²) in [5.41, 5.74) is 1.68. The minimum Gasteiger partial charge on any atom is -0.493 e. The minimum absolute atomic E-state index is 0.0422. The smallest absolute Gasteiger partial charge is 0.160 e. The molecule has 0 aromatic carbocycles. The number of hydrogen-bond acceptors (Lipinski definition) is 5. The van der Waals surface area contributed by atoms with E-state index in [1.54, 1.807) is 13.3 Å². The second-order valence-electron chi connectivity index (χ2n) is 4.62. The van der Waals surface area contributed by atoms with Gasteiger partial charge in [0.1, 0.15) is 0 Å². The molecule has 1 aliphatic heterocycles. The number of methoxy groups -OCH3 is 1. The van der Waals surface area contributed by atoms with Gasteiger partial charge in [-0.25, -0.2) is 8.42 Å². The number of sulfone groups is 1. The Balaban J connectivity index is 2.16. The van der Waals surface area contributed by atoms with Crippen LogP contribution in [0.15, 0.2) is 12.3 Å². The molecule has 0 bridgehead atoms. The van der Waals surface area contributed by atoms with Crippen molar-refractivity contribution in [3.8, 4) is 5.75 Å². The Bertz CT molecular complexity index is 528. The lowest BCUT2D eigenvalue weighted by Gasteiger charge is -2.24. The zero-order chi connectivity index (χ0) is 13.2. The fraction of sp³-hybridized carbons (Fsp3) is 0.583. The average molecular weight is 270 g/mol. The first-order valence-corrected chi connectivity index (χ1v) is 7.80. The van der Waals surface area contributed by atoms with Crippen LogP contribution in [-0.2, 0) is 9.84 Å². The molecular weight excluding hydrogens is 252 g/mol. The predicted octanol–water partition coefficient (Wildman–Crippen LogP) is 1.39. The van der Waals surface area contributed by atoms with Crippen LogP contribution < -0.4 is 10.1 Å². The predicted molar refractivity (Wildman–Crippen MR) is 70.8 cm³/mol. The normalized spacial score (nSPS) is 22.4. The standard InChI is InChI=1S/C12H18N2O3S/c1-9-6-11(12(17-2)7-13-9)14-10-4-3-5-18(15,16)8-10/h6-7,10H,3-5,8H2,1-2H3,(H,13,14). The average Bonchev–Trinajstić information content (AvgIpc) is 2.28. The van der Waals surface area contributed by atoms with E-state index in [1.165, 1.54) is 0 Å². The van der Waals surface area contributed by atoms with Gasteiger partial charge >= 0.3 is 0 Å². The first-order valence-electron chi connectivity index (χ1n) is 5.98. The summed E-state index contributed by atoms with van der Waals surface area (Å²) < 4.78 is 28.4. The van der Waals surface area contributed by atoms with Crippen molar-refractivity contribution >= 4 is 15.5 Å². The number of nitrogens with one attached hydrogen (secondary N) is 1. The molecule has 2 rings (SSSR count). The van der Waals surface area contributed by atoms with Crippen molar-refractivity contribution in [3.05, 3.63) is 18.0 Å². The summed E-state index contributed by atoms with van der Waals surface area (Å²) >= 11 is 0. The van der Waals surface area contributed by atoms with Gasteiger partial charge in [-0.3, -0.25) is 4.98 Å². The zero-order valence-electron chi connectivity index (χ0n) is 10.6. The quantitative estimate of drug-likeness (QED) is 0.899. The van der Waals surface area contributed by atoms with E-state index >= 15 is 0 Å². The molecule has 6 heteroatoms. The van der Waals surface area contributed by atoms with Crippen LogP contribution in [0.2, 0.25) is 0 Å². The molecule has 1 atom stereocenters. The minimum atomic E-state index is -2.90. The van der Waals surface area contributed by atoms with E-state index in [1.807, 2.05) is 13.0 Å². The van der Waals surface area contributed by atoms with Crippen LogP contribution in [0.1, 0.15) is 18.5 Å². The van der Waals surface area contributed by atoms with Gasteiger partial charge in [0, 0.05) is 11.7 Å². The first kappa shape index (κ1) is 13.1. The van der Waals surface area contributed by atoms with Gasteiger partial charge in [0.25, 0.3) is 0 Å². The van der Waals surface area contributed by atoms with Gasteiger partial charge in [0.2, 0.25) is 0 Å². The first-order chi connectivity index (χ1) is 8.50. The number of anilines is 1. The Morgan fingerprint density at radius 3 is 2.94 bits per heavy atom. The van der Waals surface area contributed by atoms with E-state index in [2.05, 4.69) is 10.3 Å². The van der Waals surface area contributed by atoms with Gasteiger partial charge in [-0.2, -0.15) is 0 Å². The summed E-state index contributed by atoms with van der Waals surface area (Å²) in [5.74, 6) is 1.14. The van der Waals surface area contributed by atoms with Crippen molar-refractivity contribution in [1.29, 1.82) is 0 Å². The molecule has 1 aromatic heterocycles. The van der Waals surface area contributed by atoms with Gasteiger partial charge in [0.05, 0.1) is 30.5 Å². The molecule has 1 fully saturated rings. The maximum Gasteiger partial charge on any atom is 0.160 e. The third-order valence-electron chi connectivity index (χ3n) is 3.05. The van der Waals surface area contributed by atoms with Crippen LogP contribution in [0.5, 0.6) is 5.75 Å². The molecule has 2 heterocycles. The second-order valence-corrected chi connectivity index (χ2v) is 6.85. The van der Waals surface area contributed by atoms with Crippen LogP contribution in [0, 0.1) is 6.92 Å². The Kier molecular flexibility index (Phi) is 3.75. The highest BCUT2D eigenvalue weighted by atomic mass is 32.2. The van der Waals surface area contributed by atoms with E-state index in [4.69, 9.17) is 4.74 Å². The number of pyridine rings is 1. The van der Waals surface area contributed by atoms with Gasteiger partial charge in [-0.1, -0.05) is 0 Å². The van der Waals surface area contributed by atoms with Crippen LogP contribution >= 0.6 is 0 Å². The lowest BCUT2D eigenvalue weighted by atomic mass is 10.1.